The zero-order chi connectivity index (χ0) is 19.4. The SMILES string of the molecule is COc1ccc(OC)c(CN2CCN(C(=O)c3ccc([N+](=O)[O-])s3)CC2)c1. The van der Waals surface area contributed by atoms with Crippen LogP contribution in [0.3, 0.4) is 0 Å². The van der Waals surface area contributed by atoms with Gasteiger partial charge in [-0.15, -0.1) is 0 Å². The van der Waals surface area contributed by atoms with E-state index >= 15 is 0 Å². The maximum Gasteiger partial charge on any atom is 0.324 e. The van der Waals surface area contributed by atoms with Crippen molar-refractivity contribution < 1.29 is 19.2 Å². The van der Waals surface area contributed by atoms with Crippen LogP contribution in [0.5, 0.6) is 11.5 Å². The van der Waals surface area contributed by atoms with Gasteiger partial charge in [-0.2, -0.15) is 0 Å². The lowest BCUT2D eigenvalue weighted by Crippen LogP contribution is -2.48. The summed E-state index contributed by atoms with van der Waals surface area (Å²) in [5.41, 5.74) is 1.03. The highest BCUT2D eigenvalue weighted by atomic mass is 32.1. The van der Waals surface area contributed by atoms with Gasteiger partial charge in [0, 0.05) is 44.4 Å². The van der Waals surface area contributed by atoms with Crippen LogP contribution in [0.15, 0.2) is 30.3 Å². The van der Waals surface area contributed by atoms with Gasteiger partial charge >= 0.3 is 5.00 Å². The Bertz CT molecular complexity index is 830. The van der Waals surface area contributed by atoms with Gasteiger partial charge in [0.05, 0.1) is 24.0 Å². The Hall–Kier alpha value is -2.65. The molecule has 144 valence electrons. The molecule has 3 rings (SSSR count). The number of carbonyl (C=O) groups is 1. The number of hydrogen-bond donors (Lipinski definition) is 0. The smallest absolute Gasteiger partial charge is 0.324 e. The Morgan fingerprint density at radius 1 is 1.15 bits per heavy atom. The van der Waals surface area contributed by atoms with Crippen LogP contribution in [0, 0.1) is 10.1 Å². The van der Waals surface area contributed by atoms with Gasteiger partial charge in [0.15, 0.2) is 0 Å². The summed E-state index contributed by atoms with van der Waals surface area (Å²) in [6.45, 7) is 3.31. The topological polar surface area (TPSA) is 85.2 Å². The van der Waals surface area contributed by atoms with E-state index in [4.69, 9.17) is 9.47 Å². The van der Waals surface area contributed by atoms with Gasteiger partial charge < -0.3 is 14.4 Å². The van der Waals surface area contributed by atoms with E-state index in [1.165, 1.54) is 12.1 Å². The number of methoxy groups -OCH3 is 2. The van der Waals surface area contributed by atoms with Gasteiger partial charge in [0.1, 0.15) is 11.5 Å². The number of nitro groups is 1. The highest BCUT2D eigenvalue weighted by Gasteiger charge is 2.25. The monoisotopic (exact) mass is 391 g/mol. The van der Waals surface area contributed by atoms with Gasteiger partial charge in [-0.25, -0.2) is 0 Å². The van der Waals surface area contributed by atoms with E-state index in [-0.39, 0.29) is 10.9 Å². The van der Waals surface area contributed by atoms with E-state index < -0.39 is 4.92 Å². The number of piperazine rings is 1. The number of thiophene rings is 1. The summed E-state index contributed by atoms with van der Waals surface area (Å²) in [4.78, 5) is 27.3. The van der Waals surface area contributed by atoms with Crippen molar-refractivity contribution in [2.45, 2.75) is 6.54 Å². The van der Waals surface area contributed by atoms with Crippen molar-refractivity contribution in [3.05, 3.63) is 50.9 Å². The third-order valence-corrected chi connectivity index (χ3v) is 5.55. The van der Waals surface area contributed by atoms with E-state index in [1.54, 1.807) is 19.1 Å². The zero-order valence-electron chi connectivity index (χ0n) is 15.2. The van der Waals surface area contributed by atoms with Gasteiger partial charge in [-0.05, 0) is 24.3 Å². The minimum atomic E-state index is -0.471. The summed E-state index contributed by atoms with van der Waals surface area (Å²) >= 11 is 0.921. The number of benzene rings is 1. The number of carbonyl (C=O) groups excluding carboxylic acids is 1. The molecule has 1 aromatic heterocycles. The van der Waals surface area contributed by atoms with E-state index in [0.717, 1.165) is 41.5 Å². The molecular weight excluding hydrogens is 370 g/mol. The van der Waals surface area contributed by atoms with Crippen LogP contribution in [0.2, 0.25) is 0 Å². The number of rotatable bonds is 6. The number of ether oxygens (including phenoxy) is 2. The summed E-state index contributed by atoms with van der Waals surface area (Å²) in [7, 11) is 3.27. The first-order valence-corrected chi connectivity index (χ1v) is 9.30. The summed E-state index contributed by atoms with van der Waals surface area (Å²) in [6.07, 6.45) is 0. The first kappa shape index (κ1) is 19.1. The molecule has 0 N–H and O–H groups in total. The molecule has 1 aliphatic heterocycles. The van der Waals surface area contributed by atoms with Crippen molar-refractivity contribution in [2.75, 3.05) is 40.4 Å². The van der Waals surface area contributed by atoms with Gasteiger partial charge in [-0.3, -0.25) is 19.8 Å². The van der Waals surface area contributed by atoms with Crippen LogP contribution < -0.4 is 9.47 Å². The molecule has 0 saturated carbocycles. The van der Waals surface area contributed by atoms with Crippen LogP contribution >= 0.6 is 11.3 Å². The predicted molar refractivity (Wildman–Crippen MR) is 102 cm³/mol. The van der Waals surface area contributed by atoms with Crippen LogP contribution in [-0.2, 0) is 6.54 Å². The van der Waals surface area contributed by atoms with Crippen LogP contribution in [0.4, 0.5) is 5.00 Å². The molecule has 1 aliphatic rings. The summed E-state index contributed by atoms with van der Waals surface area (Å²) in [6, 6.07) is 8.61. The second-order valence-corrected chi connectivity index (χ2v) is 7.20. The second kappa shape index (κ2) is 8.36. The first-order valence-electron chi connectivity index (χ1n) is 8.48. The van der Waals surface area contributed by atoms with Gasteiger partial charge in [-0.1, -0.05) is 11.3 Å². The summed E-state index contributed by atoms with van der Waals surface area (Å²) in [5.74, 6) is 1.44. The lowest BCUT2D eigenvalue weighted by Gasteiger charge is -2.34. The Balaban J connectivity index is 1.60. The van der Waals surface area contributed by atoms with Crippen LogP contribution in [-0.4, -0.2) is 61.0 Å². The molecule has 1 saturated heterocycles. The molecule has 0 aliphatic carbocycles. The minimum absolute atomic E-state index is 0.0119. The summed E-state index contributed by atoms with van der Waals surface area (Å²) in [5, 5.41) is 10.8. The molecule has 2 heterocycles. The van der Waals surface area contributed by atoms with Crippen molar-refractivity contribution in [3.8, 4) is 11.5 Å². The molecule has 0 spiro atoms. The van der Waals surface area contributed by atoms with Crippen molar-refractivity contribution in [2.24, 2.45) is 0 Å². The molecule has 0 radical (unpaired) electrons. The Morgan fingerprint density at radius 2 is 1.89 bits per heavy atom. The normalized spacial score (nSPS) is 14.8. The third kappa shape index (κ3) is 4.37. The van der Waals surface area contributed by atoms with E-state index in [2.05, 4.69) is 4.90 Å². The molecule has 8 nitrogen and oxygen atoms in total. The Morgan fingerprint density at radius 3 is 2.48 bits per heavy atom. The average Bonchev–Trinajstić information content (AvgIpc) is 3.18. The maximum absolute atomic E-state index is 12.5. The third-order valence-electron chi connectivity index (χ3n) is 4.52. The van der Waals surface area contributed by atoms with Gasteiger partial charge in [0.2, 0.25) is 0 Å². The molecule has 1 fully saturated rings. The zero-order valence-corrected chi connectivity index (χ0v) is 16.0. The minimum Gasteiger partial charge on any atom is -0.497 e. The molecule has 27 heavy (non-hydrogen) atoms. The second-order valence-electron chi connectivity index (χ2n) is 6.14. The Labute approximate surface area is 161 Å². The molecule has 0 unspecified atom stereocenters. The fraction of sp³-hybridized carbons (Fsp3) is 0.389. The highest BCUT2D eigenvalue weighted by Crippen LogP contribution is 2.27. The number of hydrogen-bond acceptors (Lipinski definition) is 7. The molecule has 9 heteroatoms. The van der Waals surface area contributed by atoms with Crippen molar-refractivity contribution in [1.29, 1.82) is 0 Å². The van der Waals surface area contributed by atoms with E-state index in [0.29, 0.717) is 24.5 Å². The fourth-order valence-corrected chi connectivity index (χ4v) is 3.84. The maximum atomic E-state index is 12.5. The standard InChI is InChI=1S/C18H21N3O5S/c1-25-14-3-4-15(26-2)13(11-14)12-19-7-9-20(10-8-19)18(22)16-5-6-17(27-16)21(23)24/h3-6,11H,7-10,12H2,1-2H3. The average molecular weight is 391 g/mol. The molecular formula is C18H21N3O5S. The quantitative estimate of drug-likeness (QED) is 0.556. The number of nitrogens with zero attached hydrogens (tertiary/aromatic N) is 3. The summed E-state index contributed by atoms with van der Waals surface area (Å²) < 4.78 is 10.7. The van der Waals surface area contributed by atoms with Crippen LogP contribution in [0.25, 0.3) is 0 Å². The molecule has 1 aromatic carbocycles. The van der Waals surface area contributed by atoms with Crippen molar-refractivity contribution in [3.63, 3.8) is 0 Å². The molecule has 0 bridgehead atoms. The predicted octanol–water partition coefficient (Wildman–Crippen LogP) is 2.63. The lowest BCUT2D eigenvalue weighted by atomic mass is 10.1. The molecule has 1 amide bonds. The van der Waals surface area contributed by atoms with E-state index in [1.807, 2.05) is 18.2 Å². The largest absolute Gasteiger partial charge is 0.497 e. The van der Waals surface area contributed by atoms with Crippen LogP contribution in [0.1, 0.15) is 15.2 Å². The number of amides is 1. The lowest BCUT2D eigenvalue weighted by molar-refractivity contribution is -0.380. The van der Waals surface area contributed by atoms with E-state index in [9.17, 15) is 14.9 Å². The van der Waals surface area contributed by atoms with Gasteiger partial charge in [0.25, 0.3) is 5.91 Å². The van der Waals surface area contributed by atoms with Crippen molar-refractivity contribution in [1.82, 2.24) is 9.80 Å². The first-order chi connectivity index (χ1) is 13.0. The van der Waals surface area contributed by atoms with Crippen molar-refractivity contribution >= 4 is 22.2 Å². The highest BCUT2D eigenvalue weighted by molar-refractivity contribution is 7.17. The molecule has 2 aromatic rings. The fourth-order valence-electron chi connectivity index (χ4n) is 3.05. The molecule has 0 atom stereocenters. The Kier molecular flexibility index (Phi) is 5.92.